The van der Waals surface area contributed by atoms with Gasteiger partial charge >= 0.3 is 5.97 Å². The van der Waals surface area contributed by atoms with Gasteiger partial charge in [0.25, 0.3) is 5.91 Å². The van der Waals surface area contributed by atoms with E-state index in [2.05, 4.69) is 6.07 Å². The van der Waals surface area contributed by atoms with Gasteiger partial charge in [-0.2, -0.15) is 5.26 Å². The number of benzene rings is 3. The second-order valence-electron chi connectivity index (χ2n) is 7.45. The third-order valence-corrected chi connectivity index (χ3v) is 6.18. The van der Waals surface area contributed by atoms with Gasteiger partial charge in [0.2, 0.25) is 0 Å². The number of nitriles is 1. The van der Waals surface area contributed by atoms with Crippen molar-refractivity contribution in [3.8, 4) is 6.07 Å². The van der Waals surface area contributed by atoms with E-state index >= 15 is 0 Å². The lowest BCUT2D eigenvalue weighted by Crippen LogP contribution is -2.30. The molecule has 0 fully saturated rings. The average Bonchev–Trinajstić information content (AvgIpc) is 2.82. The Hall–Kier alpha value is -3.82. The molecule has 0 spiro atoms. The molecule has 0 aromatic heterocycles. The molecule has 32 heavy (non-hydrogen) atoms. The monoisotopic (exact) mass is 440 g/mol. The fourth-order valence-corrected chi connectivity index (χ4v) is 4.40. The zero-order chi connectivity index (χ0) is 22.7. The first kappa shape index (κ1) is 21.4. The number of rotatable bonds is 4. The van der Waals surface area contributed by atoms with Gasteiger partial charge in [-0.3, -0.25) is 4.79 Å². The summed E-state index contributed by atoms with van der Waals surface area (Å²) in [5.74, 6) is -0.527. The lowest BCUT2D eigenvalue weighted by molar-refractivity contribution is -0.114. The number of fused-ring (bicyclic) bond motifs is 1. The molecule has 4 rings (SSSR count). The van der Waals surface area contributed by atoms with Gasteiger partial charge < -0.3 is 9.64 Å². The topological polar surface area (TPSA) is 70.4 Å². The number of ether oxygens (including phenoxy) is 1. The highest BCUT2D eigenvalue weighted by Crippen LogP contribution is 2.42. The van der Waals surface area contributed by atoms with Gasteiger partial charge in [-0.25, -0.2) is 4.79 Å². The van der Waals surface area contributed by atoms with E-state index in [-0.39, 0.29) is 12.5 Å². The minimum atomic E-state index is -0.443. The number of anilines is 1. The van der Waals surface area contributed by atoms with Gasteiger partial charge in [0.05, 0.1) is 27.8 Å². The summed E-state index contributed by atoms with van der Waals surface area (Å²) in [6.45, 7) is 2.13. The molecule has 1 aliphatic heterocycles. The number of thioether (sulfide) groups is 1. The fourth-order valence-electron chi connectivity index (χ4n) is 3.25. The highest BCUT2D eigenvalue weighted by molar-refractivity contribution is 8.04. The molecule has 0 aliphatic carbocycles. The van der Waals surface area contributed by atoms with Crippen molar-refractivity contribution in [2.45, 2.75) is 18.4 Å². The molecule has 1 amide bonds. The normalized spacial score (nSPS) is 14.1. The summed E-state index contributed by atoms with van der Waals surface area (Å²) in [6, 6.07) is 22.1. The summed E-state index contributed by atoms with van der Waals surface area (Å²) >= 11 is 1.35. The Bertz CT molecular complexity index is 1260. The number of aryl methyl sites for hydroxylation is 1. The van der Waals surface area contributed by atoms with Gasteiger partial charge in [0.1, 0.15) is 6.61 Å². The molecule has 1 aliphatic rings. The van der Waals surface area contributed by atoms with Gasteiger partial charge in [-0.05, 0) is 54.5 Å². The van der Waals surface area contributed by atoms with Gasteiger partial charge in [0.15, 0.2) is 0 Å². The van der Waals surface area contributed by atoms with Crippen molar-refractivity contribution < 1.29 is 14.3 Å². The summed E-state index contributed by atoms with van der Waals surface area (Å²) in [5.41, 5.74) is 4.63. The Labute approximate surface area is 190 Å². The van der Waals surface area contributed by atoms with Crippen molar-refractivity contribution in [1.82, 2.24) is 0 Å². The Morgan fingerprint density at radius 1 is 1.09 bits per heavy atom. The van der Waals surface area contributed by atoms with Crippen LogP contribution < -0.4 is 4.90 Å². The molecule has 158 valence electrons. The lowest BCUT2D eigenvalue weighted by Gasteiger charge is -2.27. The van der Waals surface area contributed by atoms with Crippen LogP contribution in [0, 0.1) is 18.3 Å². The molecular formula is C26H20N2O3S. The van der Waals surface area contributed by atoms with Gasteiger partial charge in [-0.15, -0.1) is 0 Å². The Morgan fingerprint density at radius 2 is 1.81 bits per heavy atom. The molecule has 0 atom stereocenters. The third-order valence-electron chi connectivity index (χ3n) is 5.12. The number of esters is 1. The highest BCUT2D eigenvalue weighted by atomic mass is 32.2. The number of amides is 1. The van der Waals surface area contributed by atoms with Crippen molar-refractivity contribution in [3.05, 3.63) is 99.5 Å². The quantitative estimate of drug-likeness (QED) is 0.405. The minimum absolute atomic E-state index is 0.0841. The standard InChI is InChI=1S/C26H20N2O3S/c1-17-3-5-18(6-4-17)13-24-25(29)28(2)22-12-11-21(14-23(22)32-24)26(30)31-16-20-9-7-19(15-27)8-10-20/h3-14H,16H2,1-2H3. The van der Waals surface area contributed by atoms with Crippen molar-refractivity contribution in [3.63, 3.8) is 0 Å². The van der Waals surface area contributed by atoms with Crippen LogP contribution in [0.1, 0.15) is 32.6 Å². The molecule has 6 heteroatoms. The minimum Gasteiger partial charge on any atom is -0.457 e. The second kappa shape index (κ2) is 9.13. The first-order valence-corrected chi connectivity index (χ1v) is 10.8. The van der Waals surface area contributed by atoms with Crippen LogP contribution in [0.25, 0.3) is 6.08 Å². The fraction of sp³-hybridized carbons (Fsp3) is 0.115. The number of hydrogen-bond acceptors (Lipinski definition) is 5. The van der Waals surface area contributed by atoms with Crippen LogP contribution in [0.3, 0.4) is 0 Å². The molecule has 0 saturated carbocycles. The van der Waals surface area contributed by atoms with Crippen LogP contribution in [0.5, 0.6) is 0 Å². The van der Waals surface area contributed by atoms with E-state index in [4.69, 9.17) is 10.00 Å². The smallest absolute Gasteiger partial charge is 0.338 e. The Balaban J connectivity index is 1.53. The van der Waals surface area contributed by atoms with Crippen LogP contribution >= 0.6 is 11.8 Å². The number of carbonyl (C=O) groups is 2. The molecule has 5 nitrogen and oxygen atoms in total. The van der Waals surface area contributed by atoms with Gasteiger partial charge in [-0.1, -0.05) is 53.7 Å². The summed E-state index contributed by atoms with van der Waals surface area (Å²) < 4.78 is 5.43. The van der Waals surface area contributed by atoms with Crippen LogP contribution in [0.4, 0.5) is 5.69 Å². The molecule has 0 radical (unpaired) electrons. The highest BCUT2D eigenvalue weighted by Gasteiger charge is 2.27. The van der Waals surface area contributed by atoms with Crippen molar-refractivity contribution in [2.24, 2.45) is 0 Å². The summed E-state index contributed by atoms with van der Waals surface area (Å²) in [5, 5.41) is 8.87. The van der Waals surface area contributed by atoms with Crippen molar-refractivity contribution in [1.29, 1.82) is 5.26 Å². The molecule has 0 saturated heterocycles. The summed E-state index contributed by atoms with van der Waals surface area (Å²) in [6.07, 6.45) is 1.86. The van der Waals surface area contributed by atoms with Crippen LogP contribution in [-0.4, -0.2) is 18.9 Å². The van der Waals surface area contributed by atoms with E-state index < -0.39 is 5.97 Å². The maximum absolute atomic E-state index is 12.8. The van der Waals surface area contributed by atoms with E-state index in [1.54, 1.807) is 54.4 Å². The van der Waals surface area contributed by atoms with E-state index in [0.29, 0.717) is 16.0 Å². The Kier molecular flexibility index (Phi) is 6.11. The van der Waals surface area contributed by atoms with Gasteiger partial charge in [0, 0.05) is 11.9 Å². The SMILES string of the molecule is Cc1ccc(C=C2Sc3cc(C(=O)OCc4ccc(C#N)cc4)ccc3N(C)C2=O)cc1. The second-order valence-corrected chi connectivity index (χ2v) is 8.54. The maximum Gasteiger partial charge on any atom is 0.338 e. The van der Waals surface area contributed by atoms with E-state index in [1.807, 2.05) is 37.3 Å². The average molecular weight is 441 g/mol. The van der Waals surface area contributed by atoms with Crippen LogP contribution in [-0.2, 0) is 16.1 Å². The van der Waals surface area contributed by atoms with Crippen molar-refractivity contribution >= 4 is 35.4 Å². The lowest BCUT2D eigenvalue weighted by atomic mass is 10.1. The predicted octanol–water partition coefficient (Wildman–Crippen LogP) is 5.33. The number of carbonyl (C=O) groups excluding carboxylic acids is 2. The maximum atomic E-state index is 12.8. The number of likely N-dealkylation sites (N-methyl/N-ethyl adjacent to an activating group) is 1. The molecule has 0 N–H and O–H groups in total. The zero-order valence-electron chi connectivity index (χ0n) is 17.7. The van der Waals surface area contributed by atoms with E-state index in [0.717, 1.165) is 27.3 Å². The molecule has 0 bridgehead atoms. The first-order valence-electron chi connectivity index (χ1n) is 9.99. The number of nitrogens with zero attached hydrogens (tertiary/aromatic N) is 2. The van der Waals surface area contributed by atoms with Crippen LogP contribution in [0.2, 0.25) is 0 Å². The predicted molar refractivity (Wildman–Crippen MR) is 125 cm³/mol. The third kappa shape index (κ3) is 4.58. The van der Waals surface area contributed by atoms with E-state index in [1.165, 1.54) is 11.8 Å². The van der Waals surface area contributed by atoms with Crippen LogP contribution in [0.15, 0.2) is 76.5 Å². The molecule has 3 aromatic carbocycles. The summed E-state index contributed by atoms with van der Waals surface area (Å²) in [7, 11) is 1.73. The van der Waals surface area contributed by atoms with Crippen molar-refractivity contribution in [2.75, 3.05) is 11.9 Å². The van der Waals surface area contributed by atoms with E-state index in [9.17, 15) is 9.59 Å². The first-order chi connectivity index (χ1) is 15.4. The largest absolute Gasteiger partial charge is 0.457 e. The molecular weight excluding hydrogens is 420 g/mol. The Morgan fingerprint density at radius 3 is 2.50 bits per heavy atom. The molecule has 0 unspecified atom stereocenters. The molecule has 3 aromatic rings. The number of hydrogen-bond donors (Lipinski definition) is 0. The zero-order valence-corrected chi connectivity index (χ0v) is 18.5. The summed E-state index contributed by atoms with van der Waals surface area (Å²) in [4.78, 5) is 28.4. The molecule has 1 heterocycles.